The Morgan fingerprint density at radius 3 is 2.39 bits per heavy atom. The zero-order valence-corrected chi connectivity index (χ0v) is 15.9. The molecule has 3 aromatic rings. The molecule has 0 aliphatic carbocycles. The SMILES string of the molecule is O=C(Nc1cccc(Cn2cnnc2)c1)c1cccc(CN2CCCCC2)c1. The van der Waals surface area contributed by atoms with Gasteiger partial charge in [-0.15, -0.1) is 10.2 Å². The van der Waals surface area contributed by atoms with E-state index in [4.69, 9.17) is 0 Å². The number of hydrogen-bond donors (Lipinski definition) is 1. The summed E-state index contributed by atoms with van der Waals surface area (Å²) < 4.78 is 1.89. The molecule has 1 aromatic heterocycles. The molecule has 0 atom stereocenters. The molecule has 0 spiro atoms. The lowest BCUT2D eigenvalue weighted by Crippen LogP contribution is -2.29. The topological polar surface area (TPSA) is 63.1 Å². The minimum atomic E-state index is -0.0815. The number of nitrogens with one attached hydrogen (secondary N) is 1. The number of hydrogen-bond acceptors (Lipinski definition) is 4. The normalized spacial score (nSPS) is 14.7. The molecule has 1 fully saturated rings. The largest absolute Gasteiger partial charge is 0.322 e. The number of amides is 1. The maximum atomic E-state index is 12.7. The Morgan fingerprint density at radius 2 is 1.61 bits per heavy atom. The molecule has 28 heavy (non-hydrogen) atoms. The third-order valence-corrected chi connectivity index (χ3v) is 5.06. The van der Waals surface area contributed by atoms with Crippen molar-refractivity contribution >= 4 is 11.6 Å². The quantitative estimate of drug-likeness (QED) is 0.715. The highest BCUT2D eigenvalue weighted by molar-refractivity contribution is 6.04. The number of aromatic nitrogens is 3. The van der Waals surface area contributed by atoms with E-state index in [9.17, 15) is 4.79 Å². The minimum absolute atomic E-state index is 0.0815. The molecule has 144 valence electrons. The molecular weight excluding hydrogens is 350 g/mol. The molecule has 1 amide bonds. The zero-order chi connectivity index (χ0) is 19.2. The Hall–Kier alpha value is -2.99. The maximum absolute atomic E-state index is 12.7. The molecule has 1 aliphatic heterocycles. The van der Waals surface area contributed by atoms with Crippen molar-refractivity contribution in [1.29, 1.82) is 0 Å². The highest BCUT2D eigenvalue weighted by atomic mass is 16.1. The van der Waals surface area contributed by atoms with Crippen LogP contribution in [0.4, 0.5) is 5.69 Å². The molecule has 2 aromatic carbocycles. The Morgan fingerprint density at radius 1 is 0.893 bits per heavy atom. The number of rotatable bonds is 6. The second-order valence-electron chi connectivity index (χ2n) is 7.33. The second-order valence-corrected chi connectivity index (χ2v) is 7.33. The van der Waals surface area contributed by atoms with Crippen molar-refractivity contribution in [2.24, 2.45) is 0 Å². The highest BCUT2D eigenvalue weighted by Crippen LogP contribution is 2.16. The van der Waals surface area contributed by atoms with Gasteiger partial charge in [0.1, 0.15) is 12.7 Å². The fourth-order valence-corrected chi connectivity index (χ4v) is 3.65. The molecule has 4 rings (SSSR count). The summed E-state index contributed by atoms with van der Waals surface area (Å²) in [6.07, 6.45) is 7.23. The van der Waals surface area contributed by atoms with Crippen LogP contribution in [0.1, 0.15) is 40.7 Å². The molecule has 0 unspecified atom stereocenters. The molecule has 1 aliphatic rings. The van der Waals surface area contributed by atoms with Crippen molar-refractivity contribution in [2.45, 2.75) is 32.4 Å². The van der Waals surface area contributed by atoms with Crippen molar-refractivity contribution in [3.05, 3.63) is 77.9 Å². The first-order valence-corrected chi connectivity index (χ1v) is 9.80. The van der Waals surface area contributed by atoms with E-state index in [2.05, 4.69) is 26.5 Å². The maximum Gasteiger partial charge on any atom is 0.255 e. The molecule has 0 radical (unpaired) electrons. The van der Waals surface area contributed by atoms with E-state index in [0.717, 1.165) is 30.9 Å². The number of piperidine rings is 1. The van der Waals surface area contributed by atoms with Gasteiger partial charge in [-0.05, 0) is 61.3 Å². The Labute approximate surface area is 165 Å². The van der Waals surface area contributed by atoms with E-state index in [1.165, 1.54) is 24.8 Å². The van der Waals surface area contributed by atoms with Gasteiger partial charge in [0.05, 0.1) is 6.54 Å². The summed E-state index contributed by atoms with van der Waals surface area (Å²) in [4.78, 5) is 15.2. The van der Waals surface area contributed by atoms with Gasteiger partial charge < -0.3 is 9.88 Å². The Balaban J connectivity index is 1.41. The van der Waals surface area contributed by atoms with Crippen LogP contribution in [0.3, 0.4) is 0 Å². The van der Waals surface area contributed by atoms with Crippen LogP contribution in [-0.2, 0) is 13.1 Å². The third kappa shape index (κ3) is 4.84. The minimum Gasteiger partial charge on any atom is -0.322 e. The van der Waals surface area contributed by atoms with Gasteiger partial charge in [-0.3, -0.25) is 9.69 Å². The van der Waals surface area contributed by atoms with E-state index in [1.54, 1.807) is 12.7 Å². The van der Waals surface area contributed by atoms with E-state index < -0.39 is 0 Å². The zero-order valence-electron chi connectivity index (χ0n) is 15.9. The van der Waals surface area contributed by atoms with Gasteiger partial charge in [-0.25, -0.2) is 0 Å². The van der Waals surface area contributed by atoms with Crippen LogP contribution in [-0.4, -0.2) is 38.7 Å². The lowest BCUT2D eigenvalue weighted by molar-refractivity contribution is 0.102. The molecule has 6 heteroatoms. The first-order valence-electron chi connectivity index (χ1n) is 9.80. The summed E-state index contributed by atoms with van der Waals surface area (Å²) in [5.41, 5.74) is 3.75. The van der Waals surface area contributed by atoms with Gasteiger partial charge in [0.15, 0.2) is 0 Å². The molecular formula is C22H25N5O. The van der Waals surface area contributed by atoms with Crippen molar-refractivity contribution in [1.82, 2.24) is 19.7 Å². The van der Waals surface area contributed by atoms with Crippen LogP contribution in [0, 0.1) is 0 Å². The summed E-state index contributed by atoms with van der Waals surface area (Å²) in [5.74, 6) is -0.0815. The van der Waals surface area contributed by atoms with Crippen LogP contribution < -0.4 is 5.32 Å². The fourth-order valence-electron chi connectivity index (χ4n) is 3.65. The van der Waals surface area contributed by atoms with Crippen molar-refractivity contribution < 1.29 is 4.79 Å². The average Bonchev–Trinajstić information content (AvgIpc) is 3.22. The molecule has 0 bridgehead atoms. The van der Waals surface area contributed by atoms with E-state index in [0.29, 0.717) is 12.1 Å². The number of anilines is 1. The summed E-state index contributed by atoms with van der Waals surface area (Å²) in [5, 5.41) is 10.7. The predicted molar refractivity (Wildman–Crippen MR) is 109 cm³/mol. The Bertz CT molecular complexity index is 916. The fraction of sp³-hybridized carbons (Fsp3) is 0.318. The van der Waals surface area contributed by atoms with Gasteiger partial charge in [0.2, 0.25) is 0 Å². The van der Waals surface area contributed by atoms with Crippen LogP contribution >= 0.6 is 0 Å². The number of carbonyl (C=O) groups is 1. The number of benzene rings is 2. The predicted octanol–water partition coefficient (Wildman–Crippen LogP) is 3.56. The summed E-state index contributed by atoms with van der Waals surface area (Å²) in [7, 11) is 0. The van der Waals surface area contributed by atoms with E-state index >= 15 is 0 Å². The summed E-state index contributed by atoms with van der Waals surface area (Å²) in [6, 6.07) is 15.8. The van der Waals surface area contributed by atoms with Crippen molar-refractivity contribution in [2.75, 3.05) is 18.4 Å². The molecule has 0 saturated carbocycles. The number of likely N-dealkylation sites (tertiary alicyclic amines) is 1. The van der Waals surface area contributed by atoms with Gasteiger partial charge in [0.25, 0.3) is 5.91 Å². The van der Waals surface area contributed by atoms with Crippen LogP contribution in [0.2, 0.25) is 0 Å². The summed E-state index contributed by atoms with van der Waals surface area (Å²) >= 11 is 0. The van der Waals surface area contributed by atoms with Gasteiger partial charge in [0, 0.05) is 17.8 Å². The molecule has 1 N–H and O–H groups in total. The van der Waals surface area contributed by atoms with Crippen molar-refractivity contribution in [3.8, 4) is 0 Å². The monoisotopic (exact) mass is 375 g/mol. The van der Waals surface area contributed by atoms with E-state index in [-0.39, 0.29) is 5.91 Å². The van der Waals surface area contributed by atoms with Gasteiger partial charge in [-0.2, -0.15) is 0 Å². The summed E-state index contributed by atoms with van der Waals surface area (Å²) in [6.45, 7) is 3.88. The Kier molecular flexibility index (Phi) is 5.77. The van der Waals surface area contributed by atoms with Crippen LogP contribution in [0.5, 0.6) is 0 Å². The molecule has 2 heterocycles. The lowest BCUT2D eigenvalue weighted by atomic mass is 10.1. The van der Waals surface area contributed by atoms with Crippen LogP contribution in [0.25, 0.3) is 0 Å². The molecule has 6 nitrogen and oxygen atoms in total. The first-order chi connectivity index (χ1) is 13.8. The van der Waals surface area contributed by atoms with Crippen molar-refractivity contribution in [3.63, 3.8) is 0 Å². The number of nitrogens with zero attached hydrogens (tertiary/aromatic N) is 4. The number of carbonyl (C=O) groups excluding carboxylic acids is 1. The van der Waals surface area contributed by atoms with E-state index in [1.807, 2.05) is 47.0 Å². The highest BCUT2D eigenvalue weighted by Gasteiger charge is 2.12. The third-order valence-electron chi connectivity index (χ3n) is 5.06. The van der Waals surface area contributed by atoms with Gasteiger partial charge in [-0.1, -0.05) is 30.7 Å². The van der Waals surface area contributed by atoms with Crippen LogP contribution in [0.15, 0.2) is 61.2 Å². The lowest BCUT2D eigenvalue weighted by Gasteiger charge is -2.26. The molecule has 1 saturated heterocycles. The average molecular weight is 375 g/mol. The van der Waals surface area contributed by atoms with Gasteiger partial charge >= 0.3 is 0 Å². The second kappa shape index (κ2) is 8.80. The first kappa shape index (κ1) is 18.4. The standard InChI is InChI=1S/C22H25N5O/c28-22(20-8-4-6-18(12-20)14-26-10-2-1-3-11-26)25-21-9-5-7-19(13-21)15-27-16-23-24-17-27/h4-9,12-13,16-17H,1-3,10-11,14-15H2,(H,25,28). The smallest absolute Gasteiger partial charge is 0.255 e.